The van der Waals surface area contributed by atoms with Gasteiger partial charge in [0.05, 0.1) is 21.4 Å². The summed E-state index contributed by atoms with van der Waals surface area (Å²) in [5.74, 6) is 0. The van der Waals surface area contributed by atoms with E-state index in [1.54, 1.807) is 0 Å². The molecular formula is C25H19F3O3S2. The molecule has 0 saturated carbocycles. The molecule has 0 aliphatic carbocycles. The highest BCUT2D eigenvalue weighted by molar-refractivity contribution is 7.97. The van der Waals surface area contributed by atoms with Crippen molar-refractivity contribution in [1.29, 1.82) is 0 Å². The minimum atomic E-state index is -4.68. The molecular weight excluding hydrogens is 469 g/mol. The number of hydrogen-bond acceptors (Lipinski definition) is 3. The van der Waals surface area contributed by atoms with Gasteiger partial charge in [0.2, 0.25) is 0 Å². The molecule has 0 radical (unpaired) electrons. The lowest BCUT2D eigenvalue weighted by Gasteiger charge is -2.09. The van der Waals surface area contributed by atoms with Gasteiger partial charge in [-0.2, -0.15) is 13.2 Å². The van der Waals surface area contributed by atoms with E-state index in [1.165, 1.54) is 14.7 Å². The summed E-state index contributed by atoms with van der Waals surface area (Å²) in [5, 5.41) is 0. The monoisotopic (exact) mass is 488 g/mol. The zero-order valence-corrected chi connectivity index (χ0v) is 18.8. The topological polar surface area (TPSA) is 57.2 Å². The van der Waals surface area contributed by atoms with E-state index in [9.17, 15) is 26.1 Å². The van der Waals surface area contributed by atoms with Crippen LogP contribution in [-0.4, -0.2) is 13.0 Å². The van der Waals surface area contributed by atoms with Gasteiger partial charge in [-0.05, 0) is 60.7 Å². The molecule has 0 aliphatic rings. The predicted molar refractivity (Wildman–Crippen MR) is 121 cm³/mol. The second kappa shape index (κ2) is 10.7. The average Bonchev–Trinajstić information content (AvgIpc) is 2.81. The van der Waals surface area contributed by atoms with E-state index in [-0.39, 0.29) is 10.9 Å². The predicted octanol–water partition coefficient (Wildman–Crippen LogP) is 6.39. The Bertz CT molecular complexity index is 1150. The van der Waals surface area contributed by atoms with Crippen molar-refractivity contribution >= 4 is 21.0 Å². The van der Waals surface area contributed by atoms with E-state index in [0.717, 1.165) is 0 Å². The molecule has 0 aromatic heterocycles. The molecule has 0 unspecified atom stereocenters. The van der Waals surface area contributed by atoms with Gasteiger partial charge in [-0.25, -0.2) is 8.42 Å². The zero-order valence-electron chi connectivity index (χ0n) is 17.1. The van der Waals surface area contributed by atoms with Gasteiger partial charge in [0.15, 0.2) is 14.7 Å². The maximum atomic E-state index is 12.0. The van der Waals surface area contributed by atoms with E-state index in [2.05, 4.69) is 91.0 Å². The first-order valence-corrected chi connectivity index (χ1v) is 12.3. The van der Waals surface area contributed by atoms with Crippen LogP contribution in [0.2, 0.25) is 0 Å². The van der Waals surface area contributed by atoms with Crippen molar-refractivity contribution in [2.45, 2.75) is 25.8 Å². The van der Waals surface area contributed by atoms with Crippen molar-refractivity contribution in [3.8, 4) is 0 Å². The molecule has 0 N–H and O–H groups in total. The van der Waals surface area contributed by atoms with Gasteiger partial charge >= 0.3 is 6.18 Å². The Morgan fingerprint density at radius 1 is 0.576 bits per heavy atom. The highest BCUT2D eigenvalue weighted by atomic mass is 32.2. The molecule has 0 amide bonds. The Hall–Kier alpha value is -3.07. The standard InChI is InChI=1S/C18H15S.C7H5F3O3S/c1-4-10-16(11-5-1)19(17-12-6-2-7-13-17)18-14-8-3-9-15-18;8-7(9,10)5-1-3-6(4-2-5)14(11,12)13/h1-15H;1-4H,(H,11,12,13)/q+1;/p-1. The molecule has 0 atom stereocenters. The van der Waals surface area contributed by atoms with Gasteiger partial charge in [0, 0.05) is 0 Å². The molecule has 8 heteroatoms. The van der Waals surface area contributed by atoms with Crippen LogP contribution < -0.4 is 0 Å². The summed E-state index contributed by atoms with van der Waals surface area (Å²) in [7, 11) is -4.70. The van der Waals surface area contributed by atoms with Crippen LogP contribution in [0.3, 0.4) is 0 Å². The smallest absolute Gasteiger partial charge is 0.416 e. The van der Waals surface area contributed by atoms with Crippen LogP contribution in [0.1, 0.15) is 5.56 Å². The van der Waals surface area contributed by atoms with Crippen molar-refractivity contribution in [2.24, 2.45) is 0 Å². The first-order chi connectivity index (χ1) is 15.7. The SMILES string of the molecule is O=S(=O)([O-])c1ccc(C(F)(F)F)cc1.c1ccc([S+](c2ccccc2)c2ccccc2)cc1. The van der Waals surface area contributed by atoms with Gasteiger partial charge in [-0.15, -0.1) is 0 Å². The number of halogens is 3. The third kappa shape index (κ3) is 6.95. The van der Waals surface area contributed by atoms with E-state index in [1.807, 2.05) is 0 Å². The van der Waals surface area contributed by atoms with E-state index in [0.29, 0.717) is 24.3 Å². The molecule has 4 aromatic carbocycles. The molecule has 0 aliphatic heterocycles. The number of benzene rings is 4. The average molecular weight is 489 g/mol. The maximum absolute atomic E-state index is 12.0. The van der Waals surface area contributed by atoms with E-state index < -0.39 is 26.8 Å². The van der Waals surface area contributed by atoms with Crippen molar-refractivity contribution in [1.82, 2.24) is 0 Å². The summed E-state index contributed by atoms with van der Waals surface area (Å²) >= 11 is 0. The second-order valence-electron chi connectivity index (χ2n) is 6.72. The lowest BCUT2D eigenvalue weighted by atomic mass is 10.2. The van der Waals surface area contributed by atoms with E-state index in [4.69, 9.17) is 0 Å². The molecule has 0 saturated heterocycles. The van der Waals surface area contributed by atoms with Crippen LogP contribution >= 0.6 is 0 Å². The van der Waals surface area contributed by atoms with Crippen LogP contribution in [0, 0.1) is 0 Å². The molecule has 0 spiro atoms. The van der Waals surface area contributed by atoms with Crippen LogP contribution in [0.5, 0.6) is 0 Å². The van der Waals surface area contributed by atoms with Crippen molar-refractivity contribution in [3.05, 3.63) is 121 Å². The molecule has 170 valence electrons. The summed E-state index contributed by atoms with van der Waals surface area (Å²) in [5.41, 5.74) is -0.995. The fourth-order valence-corrected chi connectivity index (χ4v) is 5.46. The second-order valence-corrected chi connectivity index (χ2v) is 10.1. The summed E-state index contributed by atoms with van der Waals surface area (Å²) in [6.07, 6.45) is -4.54. The normalized spacial score (nSPS) is 11.5. The van der Waals surface area contributed by atoms with Crippen molar-refractivity contribution in [3.63, 3.8) is 0 Å². The summed E-state index contributed by atoms with van der Waals surface area (Å²) in [6, 6.07) is 34.5. The minimum Gasteiger partial charge on any atom is -0.744 e. The Balaban J connectivity index is 0.000000196. The zero-order chi connectivity index (χ0) is 23.9. The fraction of sp³-hybridized carbons (Fsp3) is 0.0400. The molecule has 33 heavy (non-hydrogen) atoms. The third-order valence-corrected chi connectivity index (χ3v) is 7.49. The lowest BCUT2D eigenvalue weighted by Crippen LogP contribution is -2.05. The molecule has 0 fully saturated rings. The van der Waals surface area contributed by atoms with Crippen molar-refractivity contribution < 1.29 is 26.1 Å². The van der Waals surface area contributed by atoms with Gasteiger partial charge < -0.3 is 4.55 Å². The summed E-state index contributed by atoms with van der Waals surface area (Å²) < 4.78 is 67.0. The largest absolute Gasteiger partial charge is 0.744 e. The van der Waals surface area contributed by atoms with Gasteiger partial charge in [-0.1, -0.05) is 54.6 Å². The van der Waals surface area contributed by atoms with Gasteiger partial charge in [0.25, 0.3) is 0 Å². The molecule has 0 heterocycles. The van der Waals surface area contributed by atoms with Gasteiger partial charge in [0.1, 0.15) is 10.1 Å². The lowest BCUT2D eigenvalue weighted by molar-refractivity contribution is -0.137. The quantitative estimate of drug-likeness (QED) is 0.247. The number of alkyl halides is 3. The first kappa shape index (κ1) is 24.6. The van der Waals surface area contributed by atoms with Crippen LogP contribution in [0.4, 0.5) is 13.2 Å². The maximum Gasteiger partial charge on any atom is 0.416 e. The van der Waals surface area contributed by atoms with Crippen molar-refractivity contribution in [2.75, 3.05) is 0 Å². The number of hydrogen-bond donors (Lipinski definition) is 0. The Morgan fingerprint density at radius 3 is 1.18 bits per heavy atom. The van der Waals surface area contributed by atoms with Gasteiger partial charge in [-0.3, -0.25) is 0 Å². The first-order valence-electron chi connectivity index (χ1n) is 9.69. The minimum absolute atomic E-state index is 0.0146. The Kier molecular flexibility index (Phi) is 7.97. The van der Waals surface area contributed by atoms with Crippen LogP contribution in [-0.2, 0) is 27.2 Å². The highest BCUT2D eigenvalue weighted by Crippen LogP contribution is 2.31. The number of rotatable bonds is 4. The summed E-state index contributed by atoms with van der Waals surface area (Å²) in [4.78, 5) is 3.41. The molecule has 0 bridgehead atoms. The Labute approximate surface area is 193 Å². The summed E-state index contributed by atoms with van der Waals surface area (Å²) in [6.45, 7) is 0. The highest BCUT2D eigenvalue weighted by Gasteiger charge is 2.30. The fourth-order valence-electron chi connectivity index (χ4n) is 2.89. The molecule has 3 nitrogen and oxygen atoms in total. The molecule has 4 rings (SSSR count). The molecule has 4 aromatic rings. The van der Waals surface area contributed by atoms with Crippen LogP contribution in [0.15, 0.2) is 135 Å². The van der Waals surface area contributed by atoms with Crippen LogP contribution in [0.25, 0.3) is 0 Å². The Morgan fingerprint density at radius 2 is 0.909 bits per heavy atom. The van der Waals surface area contributed by atoms with E-state index >= 15 is 0 Å². The third-order valence-electron chi connectivity index (χ3n) is 4.41.